The number of carbonyl (C=O) groups is 1. The van der Waals surface area contributed by atoms with Gasteiger partial charge in [-0.15, -0.1) is 0 Å². The number of fused-ring (bicyclic) bond motifs is 1. The summed E-state index contributed by atoms with van der Waals surface area (Å²) in [5, 5.41) is 3.70. The molecule has 0 aliphatic heterocycles. The number of aryl methyl sites for hydroxylation is 1. The highest BCUT2D eigenvalue weighted by molar-refractivity contribution is 5.97. The largest absolute Gasteiger partial charge is 0.433 e. The van der Waals surface area contributed by atoms with Gasteiger partial charge in [0.25, 0.3) is 0 Å². The second-order valence-electron chi connectivity index (χ2n) is 6.49. The summed E-state index contributed by atoms with van der Waals surface area (Å²) in [6.07, 6.45) is -8.82. The molecule has 29 heavy (non-hydrogen) atoms. The first-order valence-electron chi connectivity index (χ1n) is 8.21. The predicted octanol–water partition coefficient (Wildman–Crippen LogP) is 4.26. The first-order chi connectivity index (χ1) is 13.3. The first kappa shape index (κ1) is 20.6. The van der Waals surface area contributed by atoms with Crippen molar-refractivity contribution in [2.45, 2.75) is 25.2 Å². The first-order valence-corrected chi connectivity index (χ1v) is 8.21. The SMILES string of the molecule is CC(c1cc2cc(C(N)=O)ccc2nc1C(F)(F)F)c1cnn(C)c1C(F)(F)F. The van der Waals surface area contributed by atoms with Gasteiger partial charge in [0.1, 0.15) is 11.4 Å². The summed E-state index contributed by atoms with van der Waals surface area (Å²) in [6.45, 7) is 1.21. The van der Waals surface area contributed by atoms with E-state index in [0.29, 0.717) is 4.68 Å². The number of aromatic nitrogens is 3. The summed E-state index contributed by atoms with van der Waals surface area (Å²) in [5.74, 6) is -2.13. The summed E-state index contributed by atoms with van der Waals surface area (Å²) in [6, 6.07) is 4.75. The van der Waals surface area contributed by atoms with Crippen LogP contribution in [0, 0.1) is 0 Å². The van der Waals surface area contributed by atoms with Gasteiger partial charge in [0, 0.05) is 29.5 Å². The molecule has 1 aromatic carbocycles. The third-order valence-electron chi connectivity index (χ3n) is 4.57. The fraction of sp³-hybridized carbons (Fsp3) is 0.278. The summed E-state index contributed by atoms with van der Waals surface area (Å²) in [4.78, 5) is 15.0. The fourth-order valence-electron chi connectivity index (χ4n) is 3.19. The van der Waals surface area contributed by atoms with Crippen molar-refractivity contribution in [3.63, 3.8) is 0 Å². The van der Waals surface area contributed by atoms with Crippen LogP contribution in [0.25, 0.3) is 10.9 Å². The topological polar surface area (TPSA) is 73.8 Å². The van der Waals surface area contributed by atoms with Crippen LogP contribution in [-0.2, 0) is 19.4 Å². The van der Waals surface area contributed by atoms with Gasteiger partial charge in [-0.1, -0.05) is 6.92 Å². The Kier molecular flexibility index (Phi) is 4.80. The lowest BCUT2D eigenvalue weighted by Crippen LogP contribution is -2.18. The van der Waals surface area contributed by atoms with Crippen LogP contribution < -0.4 is 5.73 Å². The Bertz CT molecular complexity index is 1100. The number of halogens is 6. The predicted molar refractivity (Wildman–Crippen MR) is 91.0 cm³/mol. The fourth-order valence-corrected chi connectivity index (χ4v) is 3.19. The van der Waals surface area contributed by atoms with Crippen LogP contribution in [0.4, 0.5) is 26.3 Å². The molecule has 0 aliphatic carbocycles. The van der Waals surface area contributed by atoms with Crippen molar-refractivity contribution in [3.8, 4) is 0 Å². The molecule has 5 nitrogen and oxygen atoms in total. The Labute approximate surface area is 160 Å². The molecule has 0 saturated heterocycles. The number of hydrogen-bond donors (Lipinski definition) is 1. The van der Waals surface area contributed by atoms with Crippen molar-refractivity contribution in [2.24, 2.45) is 12.8 Å². The quantitative estimate of drug-likeness (QED) is 0.649. The Morgan fingerprint density at radius 2 is 1.72 bits per heavy atom. The van der Waals surface area contributed by atoms with Crippen molar-refractivity contribution in [2.75, 3.05) is 0 Å². The maximum absolute atomic E-state index is 13.6. The van der Waals surface area contributed by atoms with Crippen LogP contribution in [-0.4, -0.2) is 20.7 Å². The van der Waals surface area contributed by atoms with Gasteiger partial charge in [-0.3, -0.25) is 9.48 Å². The zero-order valence-electron chi connectivity index (χ0n) is 15.1. The number of pyridine rings is 1. The van der Waals surface area contributed by atoms with E-state index in [1.54, 1.807) is 0 Å². The average Bonchev–Trinajstić information content (AvgIpc) is 3.00. The maximum atomic E-state index is 13.6. The second kappa shape index (κ2) is 6.75. The number of primary amides is 1. The highest BCUT2D eigenvalue weighted by Crippen LogP contribution is 2.41. The van der Waals surface area contributed by atoms with Gasteiger partial charge in [-0.25, -0.2) is 4.98 Å². The smallest absolute Gasteiger partial charge is 0.366 e. The van der Waals surface area contributed by atoms with E-state index in [2.05, 4.69) is 10.1 Å². The van der Waals surface area contributed by atoms with E-state index in [-0.39, 0.29) is 16.5 Å². The Morgan fingerprint density at radius 3 is 2.28 bits per heavy atom. The molecule has 0 fully saturated rings. The van der Waals surface area contributed by atoms with Crippen LogP contribution in [0.2, 0.25) is 0 Å². The number of carbonyl (C=O) groups excluding carboxylic acids is 1. The molecule has 1 atom stereocenters. The molecule has 154 valence electrons. The summed E-state index contributed by atoms with van der Waals surface area (Å²) < 4.78 is 81.6. The van der Waals surface area contributed by atoms with Gasteiger partial charge in [0.05, 0.1) is 11.7 Å². The zero-order chi connectivity index (χ0) is 21.7. The Balaban J connectivity index is 2.28. The molecule has 3 rings (SSSR count). The molecule has 1 unspecified atom stereocenters. The van der Waals surface area contributed by atoms with Crippen molar-refractivity contribution in [1.82, 2.24) is 14.8 Å². The van der Waals surface area contributed by atoms with Gasteiger partial charge in [0.15, 0.2) is 0 Å². The summed E-state index contributed by atoms with van der Waals surface area (Å²) in [5.41, 5.74) is 1.82. The van der Waals surface area contributed by atoms with Crippen molar-refractivity contribution in [3.05, 3.63) is 58.5 Å². The van der Waals surface area contributed by atoms with Gasteiger partial charge in [0.2, 0.25) is 5.91 Å². The van der Waals surface area contributed by atoms with Crippen molar-refractivity contribution >= 4 is 16.8 Å². The number of benzene rings is 1. The third-order valence-corrected chi connectivity index (χ3v) is 4.57. The summed E-state index contributed by atoms with van der Waals surface area (Å²) in [7, 11) is 1.06. The third kappa shape index (κ3) is 3.76. The molecule has 11 heteroatoms. The molecule has 2 aromatic heterocycles. The van der Waals surface area contributed by atoms with E-state index in [0.717, 1.165) is 19.3 Å². The molecule has 0 saturated carbocycles. The number of nitrogens with two attached hydrogens (primary N) is 1. The molecule has 0 aliphatic rings. The number of alkyl halides is 6. The van der Waals surface area contributed by atoms with E-state index < -0.39 is 46.7 Å². The molecule has 0 spiro atoms. The molecule has 1 amide bonds. The van der Waals surface area contributed by atoms with E-state index in [1.807, 2.05) is 0 Å². The van der Waals surface area contributed by atoms with Crippen LogP contribution in [0.1, 0.15) is 45.7 Å². The minimum absolute atomic E-state index is 0.0371. The van der Waals surface area contributed by atoms with Gasteiger partial charge < -0.3 is 5.73 Å². The van der Waals surface area contributed by atoms with Crippen LogP contribution >= 0.6 is 0 Å². The molecular weight excluding hydrogens is 402 g/mol. The maximum Gasteiger partial charge on any atom is 0.433 e. The van der Waals surface area contributed by atoms with Crippen molar-refractivity contribution < 1.29 is 31.1 Å². The van der Waals surface area contributed by atoms with Crippen LogP contribution in [0.15, 0.2) is 30.5 Å². The number of amides is 1. The standard InChI is InChI=1S/C18H14F6N4O/c1-8(12-7-26-28(2)15(12)18(22,23)24)11-6-10-5-9(16(25)29)3-4-13(10)27-14(11)17(19,20)21/h3-8H,1-2H3,(H2,25,29). The van der Waals surface area contributed by atoms with Gasteiger partial charge in [-0.2, -0.15) is 31.4 Å². The lowest BCUT2D eigenvalue weighted by atomic mass is 9.90. The Hall–Kier alpha value is -3.11. The van der Waals surface area contributed by atoms with E-state index in [9.17, 15) is 31.1 Å². The molecule has 3 aromatic rings. The van der Waals surface area contributed by atoms with E-state index >= 15 is 0 Å². The Morgan fingerprint density at radius 1 is 1.07 bits per heavy atom. The minimum Gasteiger partial charge on any atom is -0.366 e. The normalized spacial score (nSPS) is 13.7. The number of rotatable bonds is 3. The van der Waals surface area contributed by atoms with E-state index in [4.69, 9.17) is 5.73 Å². The van der Waals surface area contributed by atoms with Gasteiger partial charge in [-0.05, 0) is 29.8 Å². The highest BCUT2D eigenvalue weighted by atomic mass is 19.4. The lowest BCUT2D eigenvalue weighted by molar-refractivity contribution is -0.144. The summed E-state index contributed by atoms with van der Waals surface area (Å²) >= 11 is 0. The monoisotopic (exact) mass is 416 g/mol. The van der Waals surface area contributed by atoms with E-state index in [1.165, 1.54) is 25.1 Å². The number of nitrogens with zero attached hydrogens (tertiary/aromatic N) is 3. The van der Waals surface area contributed by atoms with Crippen LogP contribution in [0.5, 0.6) is 0 Å². The zero-order valence-corrected chi connectivity index (χ0v) is 15.1. The lowest BCUT2D eigenvalue weighted by Gasteiger charge is -2.20. The molecule has 2 N–H and O–H groups in total. The van der Waals surface area contributed by atoms with Crippen molar-refractivity contribution in [1.29, 1.82) is 0 Å². The second-order valence-corrected chi connectivity index (χ2v) is 6.49. The molecular formula is C18H14F6N4O. The van der Waals surface area contributed by atoms with Crippen LogP contribution in [0.3, 0.4) is 0 Å². The highest BCUT2D eigenvalue weighted by Gasteiger charge is 2.42. The molecule has 0 radical (unpaired) electrons. The van der Waals surface area contributed by atoms with Gasteiger partial charge >= 0.3 is 12.4 Å². The molecule has 2 heterocycles. The minimum atomic E-state index is -4.90. The number of hydrogen-bond acceptors (Lipinski definition) is 3. The average molecular weight is 416 g/mol. The molecule has 0 bridgehead atoms.